The molecule has 2 aromatic rings. The van der Waals surface area contributed by atoms with E-state index >= 15 is 0 Å². The minimum atomic E-state index is -0.297. The Balaban J connectivity index is 2.00. The first-order chi connectivity index (χ1) is 9.22. The van der Waals surface area contributed by atoms with Gasteiger partial charge in [0.25, 0.3) is 0 Å². The molecule has 0 bridgehead atoms. The molecule has 0 saturated carbocycles. The van der Waals surface area contributed by atoms with Crippen molar-refractivity contribution in [2.75, 3.05) is 6.54 Å². The molecule has 1 unspecified atom stereocenters. The number of aromatic nitrogens is 1. The molecule has 0 radical (unpaired) electrons. The van der Waals surface area contributed by atoms with Crippen LogP contribution in [0.4, 0.5) is 0 Å². The van der Waals surface area contributed by atoms with Crippen LogP contribution in [-0.2, 0) is 11.3 Å². The summed E-state index contributed by atoms with van der Waals surface area (Å²) < 4.78 is 0. The molecule has 100 valence electrons. The van der Waals surface area contributed by atoms with Crippen molar-refractivity contribution in [3.05, 3.63) is 52.0 Å². The van der Waals surface area contributed by atoms with E-state index in [4.69, 9.17) is 5.73 Å². The third-order valence-corrected chi connectivity index (χ3v) is 3.96. The molecule has 1 heterocycles. The standard InChI is InChI=1S/C14H17N3OS/c1-10-13(19-9-17-10)8-16-14(18)12(7-15)11-5-3-2-4-6-11/h2-6,9,12H,7-8,15H2,1H3,(H,16,18). The molecule has 0 saturated heterocycles. The number of nitrogens with two attached hydrogens (primary N) is 1. The van der Waals surface area contributed by atoms with Gasteiger partial charge in [0, 0.05) is 11.4 Å². The summed E-state index contributed by atoms with van der Waals surface area (Å²) in [5, 5.41) is 2.93. The van der Waals surface area contributed by atoms with E-state index in [0.717, 1.165) is 16.1 Å². The molecule has 0 spiro atoms. The van der Waals surface area contributed by atoms with Gasteiger partial charge in [-0.15, -0.1) is 11.3 Å². The first-order valence-corrected chi connectivity index (χ1v) is 7.02. The lowest BCUT2D eigenvalue weighted by molar-refractivity contribution is -0.122. The maximum absolute atomic E-state index is 12.2. The maximum Gasteiger partial charge on any atom is 0.229 e. The van der Waals surface area contributed by atoms with Gasteiger partial charge in [0.1, 0.15) is 0 Å². The van der Waals surface area contributed by atoms with E-state index in [-0.39, 0.29) is 11.8 Å². The van der Waals surface area contributed by atoms with Crippen molar-refractivity contribution in [2.24, 2.45) is 5.73 Å². The van der Waals surface area contributed by atoms with Crippen LogP contribution in [0.2, 0.25) is 0 Å². The Morgan fingerprint density at radius 2 is 2.16 bits per heavy atom. The highest BCUT2D eigenvalue weighted by Crippen LogP contribution is 2.16. The van der Waals surface area contributed by atoms with Crippen molar-refractivity contribution in [2.45, 2.75) is 19.4 Å². The number of rotatable bonds is 5. The van der Waals surface area contributed by atoms with Gasteiger partial charge in [-0.3, -0.25) is 4.79 Å². The topological polar surface area (TPSA) is 68.0 Å². The van der Waals surface area contributed by atoms with Crippen molar-refractivity contribution in [3.8, 4) is 0 Å². The molecule has 2 rings (SSSR count). The van der Waals surface area contributed by atoms with Crippen LogP contribution < -0.4 is 11.1 Å². The first-order valence-electron chi connectivity index (χ1n) is 6.14. The number of thiazole rings is 1. The molecule has 3 N–H and O–H groups in total. The largest absolute Gasteiger partial charge is 0.351 e. The predicted molar refractivity (Wildman–Crippen MR) is 76.9 cm³/mol. The van der Waals surface area contributed by atoms with Gasteiger partial charge in [0.05, 0.1) is 23.7 Å². The molecule has 5 heteroatoms. The zero-order valence-corrected chi connectivity index (χ0v) is 11.6. The number of carbonyl (C=O) groups excluding carboxylic acids is 1. The number of nitrogens with zero attached hydrogens (tertiary/aromatic N) is 1. The molecule has 19 heavy (non-hydrogen) atoms. The molecular weight excluding hydrogens is 258 g/mol. The van der Waals surface area contributed by atoms with Crippen LogP contribution in [0.1, 0.15) is 22.1 Å². The Morgan fingerprint density at radius 1 is 1.42 bits per heavy atom. The van der Waals surface area contributed by atoms with Gasteiger partial charge in [0.15, 0.2) is 0 Å². The zero-order chi connectivity index (χ0) is 13.7. The summed E-state index contributed by atoms with van der Waals surface area (Å²) in [5.41, 5.74) is 9.41. The van der Waals surface area contributed by atoms with E-state index in [1.165, 1.54) is 0 Å². The number of aryl methyl sites for hydroxylation is 1. The normalized spacial score (nSPS) is 12.1. The molecule has 0 aliphatic heterocycles. The van der Waals surface area contributed by atoms with E-state index in [1.54, 1.807) is 16.8 Å². The Bertz CT molecular complexity index is 539. The number of carbonyl (C=O) groups is 1. The van der Waals surface area contributed by atoms with Crippen LogP contribution in [-0.4, -0.2) is 17.4 Å². The molecule has 1 amide bonds. The van der Waals surface area contributed by atoms with Crippen molar-refractivity contribution >= 4 is 17.2 Å². The number of benzene rings is 1. The molecule has 0 fully saturated rings. The van der Waals surface area contributed by atoms with E-state index in [0.29, 0.717) is 13.1 Å². The molecule has 1 atom stereocenters. The number of hydrogen-bond donors (Lipinski definition) is 2. The van der Waals surface area contributed by atoms with E-state index in [9.17, 15) is 4.79 Å². The third-order valence-electron chi connectivity index (χ3n) is 3.02. The minimum Gasteiger partial charge on any atom is -0.351 e. The Kier molecular flexibility index (Phi) is 4.65. The monoisotopic (exact) mass is 275 g/mol. The first kappa shape index (κ1) is 13.7. The van der Waals surface area contributed by atoms with E-state index in [1.807, 2.05) is 37.3 Å². The van der Waals surface area contributed by atoms with Crippen molar-refractivity contribution in [1.82, 2.24) is 10.3 Å². The van der Waals surface area contributed by atoms with Gasteiger partial charge in [-0.25, -0.2) is 4.98 Å². The summed E-state index contributed by atoms with van der Waals surface area (Å²) in [7, 11) is 0. The molecule has 1 aromatic heterocycles. The average molecular weight is 275 g/mol. The van der Waals surface area contributed by atoms with Gasteiger partial charge in [0.2, 0.25) is 5.91 Å². The van der Waals surface area contributed by atoms with Crippen LogP contribution in [0, 0.1) is 6.92 Å². The van der Waals surface area contributed by atoms with E-state index < -0.39 is 0 Å². The summed E-state index contributed by atoms with van der Waals surface area (Å²) in [6.07, 6.45) is 0. The SMILES string of the molecule is Cc1ncsc1CNC(=O)C(CN)c1ccccc1. The highest BCUT2D eigenvalue weighted by Gasteiger charge is 2.18. The second-order valence-electron chi connectivity index (χ2n) is 4.28. The van der Waals surface area contributed by atoms with Gasteiger partial charge in [-0.1, -0.05) is 30.3 Å². The second-order valence-corrected chi connectivity index (χ2v) is 5.22. The third kappa shape index (κ3) is 3.39. The summed E-state index contributed by atoms with van der Waals surface area (Å²) in [5.74, 6) is -0.337. The Morgan fingerprint density at radius 3 is 2.74 bits per heavy atom. The zero-order valence-electron chi connectivity index (χ0n) is 10.8. The summed E-state index contributed by atoms with van der Waals surface area (Å²) >= 11 is 1.55. The lowest BCUT2D eigenvalue weighted by Crippen LogP contribution is -2.33. The molecular formula is C14H17N3OS. The molecule has 0 aliphatic carbocycles. The summed E-state index contributed by atoms with van der Waals surface area (Å²) in [6.45, 7) is 2.76. The molecule has 4 nitrogen and oxygen atoms in total. The fourth-order valence-electron chi connectivity index (χ4n) is 1.87. The summed E-state index contributed by atoms with van der Waals surface area (Å²) in [6, 6.07) is 9.61. The van der Waals surface area contributed by atoms with Gasteiger partial charge < -0.3 is 11.1 Å². The van der Waals surface area contributed by atoms with Crippen molar-refractivity contribution in [3.63, 3.8) is 0 Å². The quantitative estimate of drug-likeness (QED) is 0.874. The maximum atomic E-state index is 12.2. The van der Waals surface area contributed by atoms with Gasteiger partial charge >= 0.3 is 0 Å². The Hall–Kier alpha value is -1.72. The van der Waals surface area contributed by atoms with Crippen LogP contribution in [0.15, 0.2) is 35.8 Å². The molecule has 0 aliphatic rings. The van der Waals surface area contributed by atoms with Gasteiger partial charge in [-0.2, -0.15) is 0 Å². The lowest BCUT2D eigenvalue weighted by Gasteiger charge is -2.15. The minimum absolute atomic E-state index is 0.0403. The number of nitrogens with one attached hydrogen (secondary N) is 1. The fourth-order valence-corrected chi connectivity index (χ4v) is 2.58. The predicted octanol–water partition coefficient (Wildman–Crippen LogP) is 1.81. The van der Waals surface area contributed by atoms with Crippen LogP contribution in [0.3, 0.4) is 0 Å². The highest BCUT2D eigenvalue weighted by molar-refractivity contribution is 7.09. The smallest absolute Gasteiger partial charge is 0.229 e. The lowest BCUT2D eigenvalue weighted by atomic mass is 9.98. The van der Waals surface area contributed by atoms with Crippen LogP contribution >= 0.6 is 11.3 Å². The van der Waals surface area contributed by atoms with Crippen molar-refractivity contribution < 1.29 is 4.79 Å². The van der Waals surface area contributed by atoms with Crippen LogP contribution in [0.25, 0.3) is 0 Å². The van der Waals surface area contributed by atoms with Crippen LogP contribution in [0.5, 0.6) is 0 Å². The van der Waals surface area contributed by atoms with Crippen molar-refractivity contribution in [1.29, 1.82) is 0 Å². The number of amides is 1. The van der Waals surface area contributed by atoms with Gasteiger partial charge in [-0.05, 0) is 12.5 Å². The van der Waals surface area contributed by atoms with E-state index in [2.05, 4.69) is 10.3 Å². The average Bonchev–Trinajstić information content (AvgIpc) is 2.84. The molecule has 1 aromatic carbocycles. The fraction of sp³-hybridized carbons (Fsp3) is 0.286. The Labute approximate surface area is 116 Å². The number of hydrogen-bond acceptors (Lipinski definition) is 4. The second kappa shape index (κ2) is 6.45. The highest BCUT2D eigenvalue weighted by atomic mass is 32.1. The summed E-state index contributed by atoms with van der Waals surface area (Å²) in [4.78, 5) is 17.4.